The molecule has 1 aromatic heterocycles. The van der Waals surface area contributed by atoms with E-state index in [4.69, 9.17) is 4.74 Å². The Kier molecular flexibility index (Phi) is 3.09. The average Bonchev–Trinajstić information content (AvgIpc) is 2.96. The van der Waals surface area contributed by atoms with Gasteiger partial charge >= 0.3 is 0 Å². The van der Waals surface area contributed by atoms with Crippen LogP contribution in [0.25, 0.3) is 0 Å². The molecule has 0 spiro atoms. The van der Waals surface area contributed by atoms with Crippen molar-refractivity contribution >= 4 is 15.9 Å². The standard InChI is InChI=1S/C13H13BrN2O2/c14-11-3-9-1-2-18-13(9)10(4-11)6-16-8-15-5-12(16)7-17/h3-5,8,17H,1-2,6-7H2. The fourth-order valence-corrected chi connectivity index (χ4v) is 2.82. The van der Waals surface area contributed by atoms with E-state index in [0.29, 0.717) is 6.54 Å². The Morgan fingerprint density at radius 3 is 3.17 bits per heavy atom. The van der Waals surface area contributed by atoms with Crippen LogP contribution in [0, 0.1) is 0 Å². The van der Waals surface area contributed by atoms with Gasteiger partial charge in [-0.25, -0.2) is 4.98 Å². The fourth-order valence-electron chi connectivity index (χ4n) is 2.27. The van der Waals surface area contributed by atoms with E-state index in [1.165, 1.54) is 5.56 Å². The first kappa shape index (κ1) is 11.7. The molecule has 1 N–H and O–H groups in total. The first-order valence-corrected chi connectivity index (χ1v) is 6.61. The minimum Gasteiger partial charge on any atom is -0.493 e. The van der Waals surface area contributed by atoms with Crippen molar-refractivity contribution in [2.24, 2.45) is 0 Å². The molecule has 94 valence electrons. The Labute approximate surface area is 113 Å². The van der Waals surface area contributed by atoms with Gasteiger partial charge in [0.2, 0.25) is 0 Å². The lowest BCUT2D eigenvalue weighted by Gasteiger charge is -2.11. The molecular formula is C13H13BrN2O2. The molecule has 3 rings (SSSR count). The van der Waals surface area contributed by atoms with E-state index in [1.54, 1.807) is 12.5 Å². The van der Waals surface area contributed by atoms with E-state index >= 15 is 0 Å². The zero-order chi connectivity index (χ0) is 12.5. The molecule has 0 saturated heterocycles. The number of aliphatic hydroxyl groups is 1. The second kappa shape index (κ2) is 4.74. The molecule has 1 aliphatic rings. The molecule has 0 aliphatic carbocycles. The van der Waals surface area contributed by atoms with E-state index in [-0.39, 0.29) is 6.61 Å². The maximum Gasteiger partial charge on any atom is 0.127 e. The Morgan fingerprint density at radius 2 is 2.33 bits per heavy atom. The van der Waals surface area contributed by atoms with Crippen LogP contribution < -0.4 is 4.74 Å². The van der Waals surface area contributed by atoms with Crippen LogP contribution >= 0.6 is 15.9 Å². The van der Waals surface area contributed by atoms with E-state index in [9.17, 15) is 5.11 Å². The van der Waals surface area contributed by atoms with Crippen molar-refractivity contribution in [1.29, 1.82) is 0 Å². The molecule has 1 aliphatic heterocycles. The maximum absolute atomic E-state index is 9.23. The third kappa shape index (κ3) is 2.04. The van der Waals surface area contributed by atoms with Crippen molar-refractivity contribution in [2.45, 2.75) is 19.6 Å². The highest BCUT2D eigenvalue weighted by Gasteiger charge is 2.18. The van der Waals surface area contributed by atoms with Crippen LogP contribution in [0.15, 0.2) is 29.1 Å². The molecule has 0 amide bonds. The smallest absolute Gasteiger partial charge is 0.127 e. The first-order valence-electron chi connectivity index (χ1n) is 5.82. The van der Waals surface area contributed by atoms with E-state index in [2.05, 4.69) is 33.0 Å². The molecule has 2 aromatic rings. The number of rotatable bonds is 3. The van der Waals surface area contributed by atoms with Crippen LogP contribution in [0.1, 0.15) is 16.8 Å². The summed E-state index contributed by atoms with van der Waals surface area (Å²) in [7, 11) is 0. The minimum absolute atomic E-state index is 0.00293. The van der Waals surface area contributed by atoms with E-state index in [1.807, 2.05) is 4.57 Å². The third-order valence-electron chi connectivity index (χ3n) is 3.13. The zero-order valence-corrected chi connectivity index (χ0v) is 11.4. The van der Waals surface area contributed by atoms with Crippen LogP contribution in [0.4, 0.5) is 0 Å². The highest BCUT2D eigenvalue weighted by atomic mass is 79.9. The molecule has 0 radical (unpaired) electrons. The van der Waals surface area contributed by atoms with Gasteiger partial charge < -0.3 is 14.4 Å². The number of halogens is 1. The molecule has 4 nitrogen and oxygen atoms in total. The van der Waals surface area contributed by atoms with Crippen molar-refractivity contribution < 1.29 is 9.84 Å². The Bertz CT molecular complexity index is 580. The number of hydrogen-bond donors (Lipinski definition) is 1. The summed E-state index contributed by atoms with van der Waals surface area (Å²) < 4.78 is 8.69. The number of fused-ring (bicyclic) bond motifs is 1. The first-order chi connectivity index (χ1) is 8.78. The molecule has 0 fully saturated rings. The second-order valence-electron chi connectivity index (χ2n) is 4.32. The summed E-state index contributed by atoms with van der Waals surface area (Å²) in [5, 5.41) is 9.23. The molecule has 0 bridgehead atoms. The van der Waals surface area contributed by atoms with Crippen LogP contribution in [0.2, 0.25) is 0 Å². The van der Waals surface area contributed by atoms with Crippen LogP contribution in [-0.2, 0) is 19.6 Å². The van der Waals surface area contributed by atoms with Gasteiger partial charge in [0.05, 0.1) is 38.0 Å². The normalized spacial score (nSPS) is 13.4. The number of hydrogen-bond acceptors (Lipinski definition) is 3. The Hall–Kier alpha value is -1.33. The van der Waals surface area contributed by atoms with Crippen LogP contribution in [0.5, 0.6) is 5.75 Å². The zero-order valence-electron chi connectivity index (χ0n) is 9.77. The van der Waals surface area contributed by atoms with Gasteiger partial charge in [0, 0.05) is 16.5 Å². The van der Waals surface area contributed by atoms with Gasteiger partial charge in [-0.2, -0.15) is 0 Å². The molecule has 0 atom stereocenters. The SMILES string of the molecule is OCc1cncn1Cc1cc(Br)cc2c1OCC2. The van der Waals surface area contributed by atoms with Gasteiger partial charge in [-0.05, 0) is 17.7 Å². The predicted molar refractivity (Wildman–Crippen MR) is 70.6 cm³/mol. The second-order valence-corrected chi connectivity index (χ2v) is 5.24. The van der Waals surface area contributed by atoms with Gasteiger partial charge in [-0.15, -0.1) is 0 Å². The van der Waals surface area contributed by atoms with Gasteiger partial charge in [-0.3, -0.25) is 0 Å². The van der Waals surface area contributed by atoms with E-state index in [0.717, 1.165) is 34.5 Å². The van der Waals surface area contributed by atoms with Gasteiger partial charge in [0.15, 0.2) is 0 Å². The fraction of sp³-hybridized carbons (Fsp3) is 0.308. The van der Waals surface area contributed by atoms with Gasteiger partial charge in [0.1, 0.15) is 5.75 Å². The van der Waals surface area contributed by atoms with Crippen molar-refractivity contribution in [3.05, 3.63) is 46.0 Å². The summed E-state index contributed by atoms with van der Waals surface area (Å²) in [5.74, 6) is 0.982. The summed E-state index contributed by atoms with van der Waals surface area (Å²) in [6, 6.07) is 4.16. The molecule has 0 saturated carbocycles. The van der Waals surface area contributed by atoms with Gasteiger partial charge in [0.25, 0.3) is 0 Å². The lowest BCUT2D eigenvalue weighted by Crippen LogP contribution is -2.04. The summed E-state index contributed by atoms with van der Waals surface area (Å²) >= 11 is 3.53. The summed E-state index contributed by atoms with van der Waals surface area (Å²) in [5.41, 5.74) is 3.16. The van der Waals surface area contributed by atoms with Crippen molar-refractivity contribution in [2.75, 3.05) is 6.61 Å². The van der Waals surface area contributed by atoms with Crippen LogP contribution in [-0.4, -0.2) is 21.3 Å². The highest BCUT2D eigenvalue weighted by molar-refractivity contribution is 9.10. The number of ether oxygens (including phenoxy) is 1. The molecule has 2 heterocycles. The maximum atomic E-state index is 9.23. The van der Waals surface area contributed by atoms with Crippen molar-refractivity contribution in [3.8, 4) is 5.75 Å². The highest BCUT2D eigenvalue weighted by Crippen LogP contribution is 2.33. The minimum atomic E-state index is -0.00293. The monoisotopic (exact) mass is 308 g/mol. The Morgan fingerprint density at radius 1 is 1.44 bits per heavy atom. The quantitative estimate of drug-likeness (QED) is 0.945. The average molecular weight is 309 g/mol. The third-order valence-corrected chi connectivity index (χ3v) is 3.58. The summed E-state index contributed by atoms with van der Waals surface area (Å²) in [4.78, 5) is 4.06. The number of nitrogens with zero attached hydrogens (tertiary/aromatic N) is 2. The van der Waals surface area contributed by atoms with Crippen molar-refractivity contribution in [3.63, 3.8) is 0 Å². The number of aromatic nitrogens is 2. The number of benzene rings is 1. The number of imidazole rings is 1. The van der Waals surface area contributed by atoms with Gasteiger partial charge in [-0.1, -0.05) is 15.9 Å². The lowest BCUT2D eigenvalue weighted by molar-refractivity contribution is 0.271. The summed E-state index contributed by atoms with van der Waals surface area (Å²) in [6.45, 7) is 1.41. The predicted octanol–water partition coefficient (Wildman–Crippen LogP) is 2.12. The molecule has 1 aromatic carbocycles. The molecule has 5 heteroatoms. The van der Waals surface area contributed by atoms with Crippen molar-refractivity contribution in [1.82, 2.24) is 9.55 Å². The Balaban J connectivity index is 1.98. The van der Waals surface area contributed by atoms with E-state index < -0.39 is 0 Å². The largest absolute Gasteiger partial charge is 0.493 e. The van der Waals surface area contributed by atoms with Crippen LogP contribution in [0.3, 0.4) is 0 Å². The summed E-state index contributed by atoms with van der Waals surface area (Å²) in [6.07, 6.45) is 4.37. The number of aliphatic hydroxyl groups excluding tert-OH is 1. The molecule has 0 unspecified atom stereocenters. The molecular weight excluding hydrogens is 296 g/mol. The molecule has 18 heavy (non-hydrogen) atoms. The topological polar surface area (TPSA) is 47.3 Å². The lowest BCUT2D eigenvalue weighted by atomic mass is 10.1.